The Hall–Kier alpha value is -1.23. The number of halogens is 2. The van der Waals surface area contributed by atoms with Crippen LogP contribution in [0.2, 0.25) is 0 Å². The molecule has 2 N–H and O–H groups in total. The summed E-state index contributed by atoms with van der Waals surface area (Å²) in [7, 11) is -3.65. The Morgan fingerprint density at radius 3 is 2.57 bits per heavy atom. The predicted molar refractivity (Wildman–Crippen MR) is 106 cm³/mol. The first-order valence-electron chi connectivity index (χ1n) is 9.16. The lowest BCUT2D eigenvalue weighted by atomic mass is 9.98. The Bertz CT molecular complexity index is 782. The van der Waals surface area contributed by atoms with Gasteiger partial charge in [0.2, 0.25) is 15.9 Å². The first kappa shape index (κ1) is 23.1. The molecule has 10 heteroatoms. The quantitative estimate of drug-likeness (QED) is 0.440. The predicted octanol–water partition coefficient (Wildman–Crippen LogP) is 2.93. The molecule has 1 aromatic carbocycles. The van der Waals surface area contributed by atoms with Crippen LogP contribution in [0.15, 0.2) is 22.7 Å². The monoisotopic (exact) mass is 480 g/mol. The second kappa shape index (κ2) is 10.00. The molecule has 7 nitrogen and oxygen atoms in total. The van der Waals surface area contributed by atoms with Gasteiger partial charge in [0, 0.05) is 13.1 Å². The number of hydroxylamine groups is 1. The van der Waals surface area contributed by atoms with Gasteiger partial charge in [0.25, 0.3) is 0 Å². The van der Waals surface area contributed by atoms with Gasteiger partial charge in [0.05, 0.1) is 16.1 Å². The first-order chi connectivity index (χ1) is 13.1. The van der Waals surface area contributed by atoms with E-state index in [1.807, 2.05) is 13.8 Å². The number of ether oxygens (including phenoxy) is 1. The van der Waals surface area contributed by atoms with Crippen molar-refractivity contribution in [2.45, 2.75) is 39.2 Å². The highest BCUT2D eigenvalue weighted by molar-refractivity contribution is 9.10. The number of carbonyl (C=O) groups is 1. The van der Waals surface area contributed by atoms with Crippen LogP contribution in [0.4, 0.5) is 4.39 Å². The van der Waals surface area contributed by atoms with E-state index in [1.165, 1.54) is 22.5 Å². The molecule has 1 fully saturated rings. The third-order valence-electron chi connectivity index (χ3n) is 4.63. The number of sulfonamides is 1. The standard InChI is InChI=1S/C18H26BrFN2O5S/c1-12(2)9-13(18(23)21-24)11-28(25,26)22-7-5-15(6-8-22)27-17-4-3-14(20)10-16(17)19/h3-4,10,12-13,15,24H,5-9,11H2,1-2H3,(H,21,23). The van der Waals surface area contributed by atoms with Gasteiger partial charge in [-0.2, -0.15) is 0 Å². The van der Waals surface area contributed by atoms with Crippen molar-refractivity contribution in [3.8, 4) is 5.75 Å². The third kappa shape index (κ3) is 6.40. The molecule has 0 aliphatic carbocycles. The maximum atomic E-state index is 13.2. The molecule has 2 rings (SSSR count). The van der Waals surface area contributed by atoms with Gasteiger partial charge in [-0.1, -0.05) is 13.8 Å². The molecular formula is C18H26BrFN2O5S. The van der Waals surface area contributed by atoms with Crippen LogP contribution in [0.1, 0.15) is 33.1 Å². The zero-order valence-electron chi connectivity index (χ0n) is 15.9. The number of amides is 1. The Balaban J connectivity index is 1.95. The number of hydrogen-bond donors (Lipinski definition) is 2. The van der Waals surface area contributed by atoms with Gasteiger partial charge in [0.15, 0.2) is 0 Å². The van der Waals surface area contributed by atoms with Gasteiger partial charge < -0.3 is 4.74 Å². The van der Waals surface area contributed by atoms with Crippen molar-refractivity contribution in [1.29, 1.82) is 0 Å². The Morgan fingerprint density at radius 2 is 2.04 bits per heavy atom. The van der Waals surface area contributed by atoms with E-state index in [1.54, 1.807) is 5.48 Å². The van der Waals surface area contributed by atoms with Crippen molar-refractivity contribution in [3.63, 3.8) is 0 Å². The molecule has 0 radical (unpaired) electrons. The smallest absolute Gasteiger partial charge is 0.247 e. The zero-order valence-corrected chi connectivity index (χ0v) is 18.3. The summed E-state index contributed by atoms with van der Waals surface area (Å²) in [5, 5.41) is 8.89. The SMILES string of the molecule is CC(C)CC(CS(=O)(=O)N1CCC(Oc2ccc(F)cc2Br)CC1)C(=O)NO. The summed E-state index contributed by atoms with van der Waals surface area (Å²) in [5.74, 6) is -1.57. The molecule has 0 spiro atoms. The van der Waals surface area contributed by atoms with E-state index in [9.17, 15) is 17.6 Å². The van der Waals surface area contributed by atoms with Crippen LogP contribution in [-0.4, -0.2) is 48.8 Å². The van der Waals surface area contributed by atoms with E-state index in [0.717, 1.165) is 0 Å². The molecule has 1 atom stereocenters. The molecule has 28 heavy (non-hydrogen) atoms. The highest BCUT2D eigenvalue weighted by Gasteiger charge is 2.33. The number of carbonyl (C=O) groups excluding carboxylic acids is 1. The molecule has 1 aromatic rings. The minimum Gasteiger partial charge on any atom is -0.489 e. The summed E-state index contributed by atoms with van der Waals surface area (Å²) in [6, 6.07) is 4.16. The topological polar surface area (TPSA) is 95.9 Å². The molecule has 0 aromatic heterocycles. The van der Waals surface area contributed by atoms with Crippen LogP contribution in [0.3, 0.4) is 0 Å². The van der Waals surface area contributed by atoms with Gasteiger partial charge in [-0.3, -0.25) is 10.0 Å². The maximum Gasteiger partial charge on any atom is 0.247 e. The van der Waals surface area contributed by atoms with Gasteiger partial charge in [-0.25, -0.2) is 22.6 Å². The Morgan fingerprint density at radius 1 is 1.39 bits per heavy atom. The Labute approximate surface area is 173 Å². The number of hydrogen-bond acceptors (Lipinski definition) is 5. The summed E-state index contributed by atoms with van der Waals surface area (Å²) in [4.78, 5) is 11.8. The Kier molecular flexibility index (Phi) is 8.23. The van der Waals surface area contributed by atoms with Crippen LogP contribution in [0.5, 0.6) is 5.75 Å². The summed E-state index contributed by atoms with van der Waals surface area (Å²) < 4.78 is 46.4. The molecule has 1 heterocycles. The van der Waals surface area contributed by atoms with Crippen molar-refractivity contribution >= 4 is 31.9 Å². The van der Waals surface area contributed by atoms with Gasteiger partial charge in [-0.15, -0.1) is 0 Å². The molecule has 158 valence electrons. The fourth-order valence-electron chi connectivity index (χ4n) is 3.25. The van der Waals surface area contributed by atoms with Crippen molar-refractivity contribution in [1.82, 2.24) is 9.79 Å². The van der Waals surface area contributed by atoms with Crippen molar-refractivity contribution in [2.24, 2.45) is 11.8 Å². The van der Waals surface area contributed by atoms with Gasteiger partial charge in [-0.05, 0) is 59.3 Å². The van der Waals surface area contributed by atoms with E-state index in [0.29, 0.717) is 29.5 Å². The van der Waals surface area contributed by atoms with Crippen LogP contribution < -0.4 is 10.2 Å². The van der Waals surface area contributed by atoms with Gasteiger partial charge >= 0.3 is 0 Å². The number of benzene rings is 1. The first-order valence-corrected chi connectivity index (χ1v) is 11.6. The maximum absolute atomic E-state index is 13.2. The van der Waals surface area contributed by atoms with E-state index >= 15 is 0 Å². The van der Waals surface area contributed by atoms with E-state index in [2.05, 4.69) is 15.9 Å². The minimum atomic E-state index is -3.65. The number of nitrogens with zero attached hydrogens (tertiary/aromatic N) is 1. The van der Waals surface area contributed by atoms with Crippen molar-refractivity contribution in [3.05, 3.63) is 28.5 Å². The largest absolute Gasteiger partial charge is 0.489 e. The van der Waals surface area contributed by atoms with Crippen LogP contribution in [0.25, 0.3) is 0 Å². The second-order valence-electron chi connectivity index (χ2n) is 7.37. The molecule has 0 bridgehead atoms. The van der Waals surface area contributed by atoms with Gasteiger partial charge in [0.1, 0.15) is 17.7 Å². The number of piperidine rings is 1. The normalized spacial score (nSPS) is 17.5. The summed E-state index contributed by atoms with van der Waals surface area (Å²) in [6.07, 6.45) is 1.17. The average Bonchev–Trinajstić information content (AvgIpc) is 2.62. The molecular weight excluding hydrogens is 455 g/mol. The van der Waals surface area contributed by atoms with Crippen molar-refractivity contribution in [2.75, 3.05) is 18.8 Å². The fourth-order valence-corrected chi connectivity index (χ4v) is 5.47. The third-order valence-corrected chi connectivity index (χ3v) is 7.23. The highest BCUT2D eigenvalue weighted by atomic mass is 79.9. The molecule has 1 amide bonds. The molecule has 1 unspecified atom stereocenters. The zero-order chi connectivity index (χ0) is 20.9. The number of nitrogens with one attached hydrogen (secondary N) is 1. The van der Waals surface area contributed by atoms with Crippen molar-refractivity contribution < 1.29 is 27.5 Å². The highest BCUT2D eigenvalue weighted by Crippen LogP contribution is 2.29. The minimum absolute atomic E-state index is 0.116. The molecule has 0 saturated carbocycles. The van der Waals surface area contributed by atoms with Crippen LogP contribution >= 0.6 is 15.9 Å². The van der Waals surface area contributed by atoms with E-state index in [4.69, 9.17) is 9.94 Å². The summed E-state index contributed by atoms with van der Waals surface area (Å²) >= 11 is 3.25. The van der Waals surface area contributed by atoms with Crippen LogP contribution in [0, 0.1) is 17.7 Å². The van der Waals surface area contributed by atoms with Crippen LogP contribution in [-0.2, 0) is 14.8 Å². The lowest BCUT2D eigenvalue weighted by Crippen LogP contribution is -2.45. The van der Waals surface area contributed by atoms with E-state index < -0.39 is 21.8 Å². The molecule has 1 saturated heterocycles. The fraction of sp³-hybridized carbons (Fsp3) is 0.611. The summed E-state index contributed by atoms with van der Waals surface area (Å²) in [5.41, 5.74) is 1.57. The molecule has 1 aliphatic rings. The molecule has 1 aliphatic heterocycles. The lowest BCUT2D eigenvalue weighted by molar-refractivity contribution is -0.133. The average molecular weight is 481 g/mol. The van der Waals surface area contributed by atoms with E-state index in [-0.39, 0.29) is 36.7 Å². The second-order valence-corrected chi connectivity index (χ2v) is 10.2. The summed E-state index contributed by atoms with van der Waals surface area (Å²) in [6.45, 7) is 4.34. The number of rotatable bonds is 8. The lowest BCUT2D eigenvalue weighted by Gasteiger charge is -2.32.